The summed E-state index contributed by atoms with van der Waals surface area (Å²) >= 11 is 0. The van der Waals surface area contributed by atoms with Crippen LogP contribution >= 0.6 is 0 Å². The van der Waals surface area contributed by atoms with E-state index in [0.717, 1.165) is 0 Å². The topological polar surface area (TPSA) is 60.7 Å². The smallest absolute Gasteiger partial charge is 0.287 e. The molecule has 0 aliphatic carbocycles. The molecule has 3 atom stereocenters. The lowest BCUT2D eigenvalue weighted by molar-refractivity contribution is -0.222. The molecule has 0 saturated heterocycles. The van der Waals surface area contributed by atoms with E-state index in [1.807, 2.05) is 26.0 Å². The lowest BCUT2D eigenvalue weighted by Gasteiger charge is -2.38. The van der Waals surface area contributed by atoms with Crippen LogP contribution in [0.1, 0.15) is 34.6 Å². The molecule has 0 spiro atoms. The number of hydrogen-bond acceptors (Lipinski definition) is 5. The van der Waals surface area contributed by atoms with E-state index in [9.17, 15) is 0 Å². The Labute approximate surface area is 135 Å². The van der Waals surface area contributed by atoms with E-state index < -0.39 is 20.7 Å². The van der Waals surface area contributed by atoms with Crippen molar-refractivity contribution in [1.29, 1.82) is 5.26 Å². The number of nitrogens with zero attached hydrogens (tertiary/aromatic N) is 1. The quantitative estimate of drug-likeness (QED) is 0.424. The molecule has 0 bridgehead atoms. The molecule has 0 fully saturated rings. The Bertz CT molecular complexity index is 423. The van der Waals surface area contributed by atoms with Crippen molar-refractivity contribution in [3.8, 4) is 6.26 Å². The second-order valence-electron chi connectivity index (χ2n) is 7.36. The van der Waals surface area contributed by atoms with Gasteiger partial charge in [-0.15, -0.1) is 0 Å². The van der Waals surface area contributed by atoms with Crippen molar-refractivity contribution in [2.45, 2.75) is 77.4 Å². The van der Waals surface area contributed by atoms with Gasteiger partial charge in [-0.3, -0.25) is 0 Å². The molecule has 22 heavy (non-hydrogen) atoms. The highest BCUT2D eigenvalue weighted by atomic mass is 28.4. The van der Waals surface area contributed by atoms with Gasteiger partial charge in [-0.1, -0.05) is 26.8 Å². The highest BCUT2D eigenvalue weighted by Crippen LogP contribution is 2.36. The van der Waals surface area contributed by atoms with Crippen molar-refractivity contribution in [3.05, 3.63) is 12.2 Å². The molecular weight excluding hydrogens is 298 g/mol. The minimum Gasteiger partial charge on any atom is -0.414 e. The van der Waals surface area contributed by atoms with Crippen LogP contribution in [0.25, 0.3) is 0 Å². The second kappa shape index (κ2) is 7.60. The first-order chi connectivity index (χ1) is 10.1. The maximum atomic E-state index is 8.70. The summed E-state index contributed by atoms with van der Waals surface area (Å²) in [6.45, 7) is 15.4. The van der Waals surface area contributed by atoms with Crippen molar-refractivity contribution < 1.29 is 18.6 Å². The van der Waals surface area contributed by atoms with E-state index in [0.29, 0.717) is 6.61 Å². The summed E-state index contributed by atoms with van der Waals surface area (Å²) in [5, 5.41) is 8.86. The van der Waals surface area contributed by atoms with Crippen LogP contribution in [0, 0.1) is 11.5 Å². The Hall–Kier alpha value is -0.873. The third-order valence-electron chi connectivity index (χ3n) is 4.10. The van der Waals surface area contributed by atoms with Crippen LogP contribution in [0.2, 0.25) is 18.1 Å². The van der Waals surface area contributed by atoms with Gasteiger partial charge < -0.3 is 18.6 Å². The summed E-state index contributed by atoms with van der Waals surface area (Å²) in [5.41, 5.74) is 0. The molecular formula is C16H29NO4Si. The number of hydrogen-bond donors (Lipinski definition) is 0. The summed E-state index contributed by atoms with van der Waals surface area (Å²) in [6, 6.07) is 0. The zero-order valence-corrected chi connectivity index (χ0v) is 15.8. The molecule has 0 radical (unpaired) electrons. The zero-order chi connectivity index (χ0) is 17.0. The number of ether oxygens (including phenoxy) is 3. The third kappa shape index (κ3) is 5.40. The minimum absolute atomic E-state index is 0.0109. The molecule has 1 heterocycles. The van der Waals surface area contributed by atoms with Gasteiger partial charge >= 0.3 is 0 Å². The molecule has 0 unspecified atom stereocenters. The monoisotopic (exact) mass is 327 g/mol. The van der Waals surface area contributed by atoms with Crippen LogP contribution in [0.5, 0.6) is 0 Å². The maximum absolute atomic E-state index is 8.70. The SMILES string of the molecule is CC(C)O[C@H]1O[C@H](CO[Si](C)(C)C(C)(C)C)C=C[C@H]1OC#N. The van der Waals surface area contributed by atoms with E-state index in [-0.39, 0.29) is 17.2 Å². The highest BCUT2D eigenvalue weighted by Gasteiger charge is 2.38. The minimum atomic E-state index is -1.81. The fourth-order valence-electron chi connectivity index (χ4n) is 1.75. The average molecular weight is 327 g/mol. The normalized spacial score (nSPS) is 26.0. The van der Waals surface area contributed by atoms with Gasteiger partial charge in [0.2, 0.25) is 6.29 Å². The molecule has 0 aromatic rings. The van der Waals surface area contributed by atoms with Crippen molar-refractivity contribution in [3.63, 3.8) is 0 Å². The predicted molar refractivity (Wildman–Crippen MR) is 87.7 cm³/mol. The van der Waals surface area contributed by atoms with Crippen LogP contribution in [0.3, 0.4) is 0 Å². The maximum Gasteiger partial charge on any atom is 0.287 e. The first-order valence-corrected chi connectivity index (χ1v) is 10.7. The number of nitriles is 1. The Morgan fingerprint density at radius 3 is 2.41 bits per heavy atom. The molecule has 1 rings (SSSR count). The largest absolute Gasteiger partial charge is 0.414 e. The second-order valence-corrected chi connectivity index (χ2v) is 12.2. The first kappa shape index (κ1) is 19.2. The van der Waals surface area contributed by atoms with Crippen LogP contribution in [0.4, 0.5) is 0 Å². The summed E-state index contributed by atoms with van der Waals surface area (Å²) in [7, 11) is -1.81. The van der Waals surface area contributed by atoms with Crippen molar-refractivity contribution in [2.75, 3.05) is 6.61 Å². The Balaban J connectivity index is 2.66. The van der Waals surface area contributed by atoms with Crippen molar-refractivity contribution in [2.24, 2.45) is 0 Å². The molecule has 126 valence electrons. The highest BCUT2D eigenvalue weighted by molar-refractivity contribution is 6.74. The fourth-order valence-corrected chi connectivity index (χ4v) is 2.77. The standard InChI is InChI=1S/C16H29NO4Si/c1-12(2)20-15-14(18-11-17)9-8-13(21-15)10-19-22(6,7)16(3,4)5/h8-9,12-15H,10H2,1-7H3/t13-,14+,15-/m0/s1. The van der Waals surface area contributed by atoms with Crippen LogP contribution in [-0.2, 0) is 18.6 Å². The summed E-state index contributed by atoms with van der Waals surface area (Å²) < 4.78 is 22.7. The Morgan fingerprint density at radius 2 is 1.91 bits per heavy atom. The van der Waals surface area contributed by atoms with Crippen molar-refractivity contribution in [1.82, 2.24) is 0 Å². The Kier molecular flexibility index (Phi) is 6.62. The van der Waals surface area contributed by atoms with E-state index >= 15 is 0 Å². The molecule has 0 aromatic carbocycles. The Morgan fingerprint density at radius 1 is 1.27 bits per heavy atom. The fraction of sp³-hybridized carbons (Fsp3) is 0.812. The predicted octanol–water partition coefficient (Wildman–Crippen LogP) is 3.58. The molecule has 0 N–H and O–H groups in total. The van der Waals surface area contributed by atoms with Gasteiger partial charge in [-0.2, -0.15) is 5.26 Å². The van der Waals surface area contributed by atoms with E-state index in [2.05, 4.69) is 33.9 Å². The lowest BCUT2D eigenvalue weighted by atomic mass is 10.2. The molecule has 0 saturated carbocycles. The van der Waals surface area contributed by atoms with Gasteiger partial charge in [0, 0.05) is 0 Å². The van der Waals surface area contributed by atoms with Gasteiger partial charge in [-0.25, -0.2) is 0 Å². The van der Waals surface area contributed by atoms with Gasteiger partial charge in [0.05, 0.1) is 12.7 Å². The third-order valence-corrected chi connectivity index (χ3v) is 8.60. The van der Waals surface area contributed by atoms with Crippen LogP contribution in [-0.4, -0.2) is 39.5 Å². The molecule has 1 aliphatic heterocycles. The average Bonchev–Trinajstić information content (AvgIpc) is 2.37. The van der Waals surface area contributed by atoms with Gasteiger partial charge in [0.15, 0.2) is 14.4 Å². The number of rotatable bonds is 6. The zero-order valence-electron chi connectivity index (χ0n) is 14.8. The van der Waals surface area contributed by atoms with E-state index in [1.54, 1.807) is 6.26 Å². The molecule has 1 aliphatic rings. The summed E-state index contributed by atoms with van der Waals surface area (Å²) in [6.07, 6.45) is 4.12. The molecule has 6 heteroatoms. The van der Waals surface area contributed by atoms with E-state index in [1.165, 1.54) is 0 Å². The van der Waals surface area contributed by atoms with Crippen LogP contribution in [0.15, 0.2) is 12.2 Å². The van der Waals surface area contributed by atoms with Crippen LogP contribution < -0.4 is 0 Å². The lowest BCUT2D eigenvalue weighted by Crippen LogP contribution is -2.45. The van der Waals surface area contributed by atoms with Gasteiger partial charge in [0.1, 0.15) is 6.10 Å². The summed E-state index contributed by atoms with van der Waals surface area (Å²) in [5.74, 6) is 0. The molecule has 0 amide bonds. The molecule has 0 aromatic heterocycles. The van der Waals surface area contributed by atoms with E-state index in [4.69, 9.17) is 23.9 Å². The van der Waals surface area contributed by atoms with Gasteiger partial charge in [-0.05, 0) is 38.1 Å². The summed E-state index contributed by atoms with van der Waals surface area (Å²) in [4.78, 5) is 0. The first-order valence-electron chi connectivity index (χ1n) is 7.75. The van der Waals surface area contributed by atoms with Crippen molar-refractivity contribution >= 4 is 8.32 Å². The molecule has 5 nitrogen and oxygen atoms in total. The van der Waals surface area contributed by atoms with Gasteiger partial charge in [0.25, 0.3) is 6.26 Å².